The highest BCUT2D eigenvalue weighted by Crippen LogP contribution is 2.31. The minimum absolute atomic E-state index is 0.0360. The van der Waals surface area contributed by atoms with Crippen molar-refractivity contribution >= 4 is 32.6 Å². The van der Waals surface area contributed by atoms with E-state index in [9.17, 15) is 4.79 Å². The third kappa shape index (κ3) is 4.51. The Labute approximate surface area is 174 Å². The van der Waals surface area contributed by atoms with Gasteiger partial charge in [-0.15, -0.1) is 0 Å². The lowest BCUT2D eigenvalue weighted by molar-refractivity contribution is -0.118. The summed E-state index contributed by atoms with van der Waals surface area (Å²) >= 11 is 1.56. The van der Waals surface area contributed by atoms with Crippen molar-refractivity contribution < 1.29 is 4.79 Å². The maximum atomic E-state index is 13.3. The molecule has 146 valence electrons. The van der Waals surface area contributed by atoms with Gasteiger partial charge in [-0.05, 0) is 53.8 Å². The van der Waals surface area contributed by atoms with Gasteiger partial charge >= 0.3 is 0 Å². The SMILES string of the molecule is CCc1ccc(CC(=O)N(Cc2cccnc2)c2nc3ccc(C)cc3s2)cc1. The number of amides is 1. The molecule has 0 aliphatic carbocycles. The lowest BCUT2D eigenvalue weighted by Crippen LogP contribution is -2.31. The Morgan fingerprint density at radius 1 is 1.03 bits per heavy atom. The quantitative estimate of drug-likeness (QED) is 0.438. The third-order valence-corrected chi connectivity index (χ3v) is 5.96. The van der Waals surface area contributed by atoms with Gasteiger partial charge in [0.1, 0.15) is 0 Å². The van der Waals surface area contributed by atoms with Crippen LogP contribution in [0.3, 0.4) is 0 Å². The van der Waals surface area contributed by atoms with E-state index in [1.165, 1.54) is 11.1 Å². The zero-order valence-electron chi connectivity index (χ0n) is 16.6. The molecule has 2 aromatic heterocycles. The zero-order chi connectivity index (χ0) is 20.2. The summed E-state index contributed by atoms with van der Waals surface area (Å²) in [4.78, 5) is 24.0. The molecule has 1 amide bonds. The number of hydrogen-bond donors (Lipinski definition) is 0. The second-order valence-corrected chi connectivity index (χ2v) is 8.16. The molecule has 0 saturated carbocycles. The Balaban J connectivity index is 1.65. The third-order valence-electron chi connectivity index (χ3n) is 4.91. The highest BCUT2D eigenvalue weighted by molar-refractivity contribution is 7.22. The molecular weight excluding hydrogens is 378 g/mol. The van der Waals surface area contributed by atoms with Crippen molar-refractivity contribution in [2.45, 2.75) is 33.2 Å². The van der Waals surface area contributed by atoms with Gasteiger partial charge in [-0.1, -0.05) is 54.7 Å². The predicted molar refractivity (Wildman–Crippen MR) is 119 cm³/mol. The number of carbonyl (C=O) groups excluding carboxylic acids is 1. The molecule has 0 saturated heterocycles. The molecule has 4 aromatic rings. The Hall–Kier alpha value is -3.05. The second kappa shape index (κ2) is 8.53. The average Bonchev–Trinajstić information content (AvgIpc) is 3.16. The van der Waals surface area contributed by atoms with Crippen molar-refractivity contribution in [2.75, 3.05) is 4.90 Å². The number of anilines is 1. The minimum Gasteiger partial charge on any atom is -0.283 e. The zero-order valence-corrected chi connectivity index (χ0v) is 17.4. The van der Waals surface area contributed by atoms with Gasteiger partial charge in [0.05, 0.1) is 23.2 Å². The van der Waals surface area contributed by atoms with Crippen LogP contribution in [-0.2, 0) is 24.2 Å². The molecule has 0 radical (unpaired) electrons. The number of fused-ring (bicyclic) bond motifs is 1. The van der Waals surface area contributed by atoms with Crippen molar-refractivity contribution in [3.63, 3.8) is 0 Å². The highest BCUT2D eigenvalue weighted by atomic mass is 32.1. The predicted octanol–water partition coefficient (Wildman–Crippen LogP) is 5.34. The Kier molecular flexibility index (Phi) is 5.67. The number of aryl methyl sites for hydroxylation is 2. The van der Waals surface area contributed by atoms with E-state index >= 15 is 0 Å². The first kappa shape index (κ1) is 19.3. The van der Waals surface area contributed by atoms with Crippen LogP contribution in [0.1, 0.15) is 29.2 Å². The molecule has 0 aliphatic heterocycles. The summed E-state index contributed by atoms with van der Waals surface area (Å²) in [5.41, 5.74) is 5.38. The van der Waals surface area contributed by atoms with Crippen LogP contribution in [0, 0.1) is 6.92 Å². The van der Waals surface area contributed by atoms with E-state index in [1.54, 1.807) is 28.6 Å². The second-order valence-electron chi connectivity index (χ2n) is 7.16. The van der Waals surface area contributed by atoms with Crippen LogP contribution in [-0.4, -0.2) is 15.9 Å². The van der Waals surface area contributed by atoms with Crippen LogP contribution in [0.2, 0.25) is 0 Å². The van der Waals surface area contributed by atoms with Crippen LogP contribution < -0.4 is 4.90 Å². The molecule has 29 heavy (non-hydrogen) atoms. The number of thiazole rings is 1. The van der Waals surface area contributed by atoms with Gasteiger partial charge in [-0.2, -0.15) is 0 Å². The summed E-state index contributed by atoms with van der Waals surface area (Å²) in [7, 11) is 0. The first-order valence-corrected chi connectivity index (χ1v) is 10.6. The van der Waals surface area contributed by atoms with Crippen LogP contribution in [0.5, 0.6) is 0 Å². The van der Waals surface area contributed by atoms with E-state index in [-0.39, 0.29) is 5.91 Å². The average molecular weight is 402 g/mol. The van der Waals surface area contributed by atoms with E-state index < -0.39 is 0 Å². The van der Waals surface area contributed by atoms with Gasteiger partial charge in [-0.3, -0.25) is 14.7 Å². The monoisotopic (exact) mass is 401 g/mol. The van der Waals surface area contributed by atoms with Crippen molar-refractivity contribution in [2.24, 2.45) is 0 Å². The smallest absolute Gasteiger partial charge is 0.233 e. The summed E-state index contributed by atoms with van der Waals surface area (Å²) < 4.78 is 1.09. The Morgan fingerprint density at radius 3 is 2.55 bits per heavy atom. The molecular formula is C24H23N3OS. The van der Waals surface area contributed by atoms with E-state index in [4.69, 9.17) is 4.98 Å². The summed E-state index contributed by atoms with van der Waals surface area (Å²) in [6.45, 7) is 4.65. The van der Waals surface area contributed by atoms with Gasteiger partial charge < -0.3 is 0 Å². The molecule has 4 nitrogen and oxygen atoms in total. The number of benzene rings is 2. The fourth-order valence-electron chi connectivity index (χ4n) is 3.23. The lowest BCUT2D eigenvalue weighted by Gasteiger charge is -2.20. The fourth-order valence-corrected chi connectivity index (χ4v) is 4.32. The largest absolute Gasteiger partial charge is 0.283 e. The summed E-state index contributed by atoms with van der Waals surface area (Å²) in [5, 5.41) is 0.727. The first-order valence-electron chi connectivity index (χ1n) is 9.76. The normalized spacial score (nSPS) is 11.0. The standard InChI is InChI=1S/C24H23N3OS/c1-3-18-7-9-19(10-8-18)14-23(28)27(16-20-5-4-12-25-15-20)24-26-21-11-6-17(2)13-22(21)29-24/h4-13,15H,3,14,16H2,1-2H3. The topological polar surface area (TPSA) is 46.1 Å². The molecule has 4 rings (SSSR count). The van der Waals surface area contributed by atoms with Crippen molar-refractivity contribution in [1.29, 1.82) is 0 Å². The minimum atomic E-state index is 0.0360. The molecule has 2 aromatic carbocycles. The Bertz CT molecular complexity index is 1120. The van der Waals surface area contributed by atoms with Crippen LogP contribution in [0.4, 0.5) is 5.13 Å². The van der Waals surface area contributed by atoms with Crippen LogP contribution in [0.15, 0.2) is 67.0 Å². The number of aromatic nitrogens is 2. The Morgan fingerprint density at radius 2 is 1.83 bits per heavy atom. The molecule has 0 spiro atoms. The lowest BCUT2D eigenvalue weighted by atomic mass is 10.1. The van der Waals surface area contributed by atoms with Crippen molar-refractivity contribution in [3.8, 4) is 0 Å². The van der Waals surface area contributed by atoms with Crippen LogP contribution in [0.25, 0.3) is 10.2 Å². The number of nitrogens with zero attached hydrogens (tertiary/aromatic N) is 3. The number of pyridine rings is 1. The van der Waals surface area contributed by atoms with E-state index in [0.29, 0.717) is 13.0 Å². The molecule has 0 aliphatic rings. The molecule has 0 unspecified atom stereocenters. The van der Waals surface area contributed by atoms with Gasteiger partial charge in [0.2, 0.25) is 5.91 Å². The van der Waals surface area contributed by atoms with Crippen molar-refractivity contribution in [3.05, 3.63) is 89.2 Å². The highest BCUT2D eigenvalue weighted by Gasteiger charge is 2.20. The summed E-state index contributed by atoms with van der Waals surface area (Å²) in [6.07, 6.45) is 4.88. The first-order chi connectivity index (χ1) is 14.1. The fraction of sp³-hybridized carbons (Fsp3) is 0.208. The number of rotatable bonds is 6. The van der Waals surface area contributed by atoms with Gasteiger partial charge in [0.25, 0.3) is 0 Å². The maximum absolute atomic E-state index is 13.3. The maximum Gasteiger partial charge on any atom is 0.233 e. The molecule has 0 N–H and O–H groups in total. The van der Waals surface area contributed by atoms with E-state index in [1.807, 2.05) is 36.4 Å². The van der Waals surface area contributed by atoms with E-state index in [2.05, 4.69) is 37.0 Å². The summed E-state index contributed by atoms with van der Waals surface area (Å²) in [6, 6.07) is 18.3. The number of hydrogen-bond acceptors (Lipinski definition) is 4. The summed E-state index contributed by atoms with van der Waals surface area (Å²) in [5.74, 6) is 0.0360. The van der Waals surface area contributed by atoms with Gasteiger partial charge in [-0.25, -0.2) is 4.98 Å². The van der Waals surface area contributed by atoms with Gasteiger partial charge in [0.15, 0.2) is 5.13 Å². The molecule has 0 fully saturated rings. The van der Waals surface area contributed by atoms with Crippen LogP contribution >= 0.6 is 11.3 Å². The molecule has 2 heterocycles. The molecule has 5 heteroatoms. The molecule has 0 bridgehead atoms. The van der Waals surface area contributed by atoms with Gasteiger partial charge in [0, 0.05) is 12.4 Å². The van der Waals surface area contributed by atoms with E-state index in [0.717, 1.165) is 32.9 Å². The number of carbonyl (C=O) groups is 1. The molecule has 0 atom stereocenters. The van der Waals surface area contributed by atoms with Crippen molar-refractivity contribution in [1.82, 2.24) is 9.97 Å².